The Hall–Kier alpha value is -0.730. The zero-order valence-corrected chi connectivity index (χ0v) is 12.1. The molecule has 0 aromatic heterocycles. The molecule has 18 heavy (non-hydrogen) atoms. The third-order valence-corrected chi connectivity index (χ3v) is 4.71. The minimum absolute atomic E-state index is 0.488. The quantitative estimate of drug-likeness (QED) is 0.605. The van der Waals surface area contributed by atoms with Gasteiger partial charge < -0.3 is 10.6 Å². The number of guanidine groups is 1. The van der Waals surface area contributed by atoms with Gasteiger partial charge in [0.1, 0.15) is 0 Å². The molecule has 2 rings (SSSR count). The molecule has 0 aromatic carbocycles. The molecule has 2 saturated carbocycles. The van der Waals surface area contributed by atoms with Crippen molar-refractivity contribution in [2.75, 3.05) is 7.05 Å². The van der Waals surface area contributed by atoms with E-state index in [0.29, 0.717) is 12.1 Å². The van der Waals surface area contributed by atoms with E-state index in [2.05, 4.69) is 18.9 Å². The summed E-state index contributed by atoms with van der Waals surface area (Å²) in [5.41, 5.74) is 6.20. The van der Waals surface area contributed by atoms with E-state index in [1.807, 2.05) is 0 Å². The van der Waals surface area contributed by atoms with Crippen LogP contribution in [0.25, 0.3) is 0 Å². The molecular formula is C15H29N3. The maximum Gasteiger partial charge on any atom is 0.191 e. The minimum Gasteiger partial charge on any atom is -0.370 e. The first-order chi connectivity index (χ1) is 8.66. The van der Waals surface area contributed by atoms with E-state index < -0.39 is 0 Å². The molecule has 2 atom stereocenters. The lowest BCUT2D eigenvalue weighted by Gasteiger charge is -2.35. The topological polar surface area (TPSA) is 41.6 Å². The van der Waals surface area contributed by atoms with Crippen LogP contribution in [-0.4, -0.2) is 30.0 Å². The van der Waals surface area contributed by atoms with Gasteiger partial charge in [-0.25, -0.2) is 4.99 Å². The van der Waals surface area contributed by atoms with Gasteiger partial charge >= 0.3 is 0 Å². The summed E-state index contributed by atoms with van der Waals surface area (Å²) in [4.78, 5) is 7.00. The number of nitrogens with two attached hydrogens (primary N) is 1. The highest BCUT2D eigenvalue weighted by Gasteiger charge is 2.24. The largest absolute Gasteiger partial charge is 0.370 e. The average Bonchev–Trinajstić information content (AvgIpc) is 2.39. The predicted octanol–water partition coefficient (Wildman–Crippen LogP) is 3.14. The normalized spacial score (nSPS) is 31.3. The van der Waals surface area contributed by atoms with Gasteiger partial charge in [-0.1, -0.05) is 39.0 Å². The molecule has 0 aliphatic heterocycles. The molecule has 0 heterocycles. The summed E-state index contributed by atoms with van der Waals surface area (Å²) < 4.78 is 0. The summed E-state index contributed by atoms with van der Waals surface area (Å²) in [6.07, 6.45) is 11.8. The van der Waals surface area contributed by atoms with Crippen molar-refractivity contribution in [3.8, 4) is 0 Å². The molecule has 0 bridgehead atoms. The van der Waals surface area contributed by atoms with E-state index in [1.165, 1.54) is 57.8 Å². The number of hydrogen-bond acceptors (Lipinski definition) is 1. The Morgan fingerprint density at radius 1 is 1.06 bits per heavy atom. The first-order valence-corrected chi connectivity index (χ1v) is 7.73. The molecule has 2 aliphatic rings. The molecule has 3 nitrogen and oxygen atoms in total. The van der Waals surface area contributed by atoms with Crippen LogP contribution in [0.3, 0.4) is 0 Å². The number of rotatable bonds is 2. The second-order valence-corrected chi connectivity index (χ2v) is 6.32. The Morgan fingerprint density at radius 2 is 1.78 bits per heavy atom. The van der Waals surface area contributed by atoms with E-state index in [0.717, 1.165) is 11.9 Å². The third kappa shape index (κ3) is 3.63. The van der Waals surface area contributed by atoms with Gasteiger partial charge in [-0.2, -0.15) is 0 Å². The summed E-state index contributed by atoms with van der Waals surface area (Å²) in [7, 11) is 2.13. The van der Waals surface area contributed by atoms with Crippen molar-refractivity contribution in [2.24, 2.45) is 16.6 Å². The van der Waals surface area contributed by atoms with Crippen molar-refractivity contribution in [3.05, 3.63) is 0 Å². The van der Waals surface area contributed by atoms with Crippen LogP contribution in [0.5, 0.6) is 0 Å². The van der Waals surface area contributed by atoms with E-state index in [-0.39, 0.29) is 0 Å². The van der Waals surface area contributed by atoms with Crippen LogP contribution < -0.4 is 5.73 Å². The van der Waals surface area contributed by atoms with Crippen LogP contribution in [0.2, 0.25) is 0 Å². The average molecular weight is 251 g/mol. The van der Waals surface area contributed by atoms with Crippen LogP contribution in [0.15, 0.2) is 4.99 Å². The molecule has 104 valence electrons. The van der Waals surface area contributed by atoms with Crippen molar-refractivity contribution < 1.29 is 0 Å². The molecule has 2 N–H and O–H groups in total. The highest BCUT2D eigenvalue weighted by molar-refractivity contribution is 5.78. The van der Waals surface area contributed by atoms with E-state index >= 15 is 0 Å². The predicted molar refractivity (Wildman–Crippen MR) is 77.7 cm³/mol. The first-order valence-electron chi connectivity index (χ1n) is 7.73. The Labute approximate surface area is 112 Å². The fraction of sp³-hybridized carbons (Fsp3) is 0.933. The maximum absolute atomic E-state index is 6.20. The lowest BCUT2D eigenvalue weighted by Crippen LogP contribution is -2.44. The molecule has 0 aromatic rings. The van der Waals surface area contributed by atoms with Gasteiger partial charge in [0, 0.05) is 13.1 Å². The zero-order valence-electron chi connectivity index (χ0n) is 12.1. The Balaban J connectivity index is 1.89. The SMILES string of the molecule is CC1CCCC(N(C)C(N)=NC2CCCCC2)C1. The molecule has 0 saturated heterocycles. The second kappa shape index (κ2) is 6.44. The van der Waals surface area contributed by atoms with Crippen LogP contribution in [0.4, 0.5) is 0 Å². The van der Waals surface area contributed by atoms with Crippen molar-refractivity contribution in [1.29, 1.82) is 0 Å². The lowest BCUT2D eigenvalue weighted by atomic mass is 9.86. The highest BCUT2D eigenvalue weighted by atomic mass is 15.3. The monoisotopic (exact) mass is 251 g/mol. The van der Waals surface area contributed by atoms with Gasteiger partial charge in [-0.15, -0.1) is 0 Å². The number of aliphatic imine (C=N–C) groups is 1. The molecule has 2 fully saturated rings. The summed E-state index contributed by atoms with van der Waals surface area (Å²) in [6.45, 7) is 2.36. The van der Waals surface area contributed by atoms with Gasteiger partial charge in [0.05, 0.1) is 6.04 Å². The van der Waals surface area contributed by atoms with Gasteiger partial charge in [0.25, 0.3) is 0 Å². The third-order valence-electron chi connectivity index (χ3n) is 4.71. The fourth-order valence-corrected chi connectivity index (χ4v) is 3.43. The second-order valence-electron chi connectivity index (χ2n) is 6.32. The first kappa shape index (κ1) is 13.7. The molecule has 0 amide bonds. The molecular weight excluding hydrogens is 222 g/mol. The van der Waals surface area contributed by atoms with Crippen LogP contribution in [-0.2, 0) is 0 Å². The molecule has 3 heteroatoms. The van der Waals surface area contributed by atoms with Gasteiger partial charge in [0.2, 0.25) is 0 Å². The van der Waals surface area contributed by atoms with E-state index in [4.69, 9.17) is 10.7 Å². The van der Waals surface area contributed by atoms with Crippen molar-refractivity contribution in [1.82, 2.24) is 4.90 Å². The zero-order chi connectivity index (χ0) is 13.0. The molecule has 2 aliphatic carbocycles. The molecule has 0 radical (unpaired) electrons. The highest BCUT2D eigenvalue weighted by Crippen LogP contribution is 2.27. The summed E-state index contributed by atoms with van der Waals surface area (Å²) in [5.74, 6) is 1.62. The smallest absolute Gasteiger partial charge is 0.191 e. The van der Waals surface area contributed by atoms with Gasteiger partial charge in [-0.3, -0.25) is 0 Å². The van der Waals surface area contributed by atoms with Gasteiger partial charge in [-0.05, 0) is 31.6 Å². The maximum atomic E-state index is 6.20. The fourth-order valence-electron chi connectivity index (χ4n) is 3.43. The summed E-state index contributed by atoms with van der Waals surface area (Å²) in [6, 6.07) is 1.10. The lowest BCUT2D eigenvalue weighted by molar-refractivity contribution is 0.229. The molecule has 2 unspecified atom stereocenters. The minimum atomic E-state index is 0.488. The van der Waals surface area contributed by atoms with E-state index in [9.17, 15) is 0 Å². The Morgan fingerprint density at radius 3 is 2.44 bits per heavy atom. The Kier molecular flexibility index (Phi) is 4.90. The Bertz CT molecular complexity index is 281. The molecule has 0 spiro atoms. The van der Waals surface area contributed by atoms with Crippen molar-refractivity contribution in [3.63, 3.8) is 0 Å². The summed E-state index contributed by atoms with van der Waals surface area (Å²) >= 11 is 0. The van der Waals surface area contributed by atoms with Crippen molar-refractivity contribution in [2.45, 2.75) is 76.8 Å². The number of nitrogens with zero attached hydrogens (tertiary/aromatic N) is 2. The van der Waals surface area contributed by atoms with Crippen molar-refractivity contribution >= 4 is 5.96 Å². The number of hydrogen-bond donors (Lipinski definition) is 1. The van der Waals surface area contributed by atoms with Gasteiger partial charge in [0.15, 0.2) is 5.96 Å². The summed E-state index contributed by atoms with van der Waals surface area (Å²) in [5, 5.41) is 0. The van der Waals surface area contributed by atoms with Crippen LogP contribution >= 0.6 is 0 Å². The standard InChI is InChI=1S/C15H29N3/c1-12-7-6-10-14(11-12)18(2)15(16)17-13-8-4-3-5-9-13/h12-14H,3-11H2,1-2H3,(H2,16,17). The van der Waals surface area contributed by atoms with Crippen LogP contribution in [0, 0.1) is 5.92 Å². The van der Waals surface area contributed by atoms with E-state index in [1.54, 1.807) is 0 Å². The van der Waals surface area contributed by atoms with Crippen LogP contribution in [0.1, 0.15) is 64.7 Å².